The lowest BCUT2D eigenvalue weighted by atomic mass is 10.0. The number of aliphatic imine (C=N–C) groups is 1. The number of hydrogen-bond donors (Lipinski definition) is 2. The van der Waals surface area contributed by atoms with Crippen LogP contribution in [-0.2, 0) is 0 Å². The van der Waals surface area contributed by atoms with Crippen molar-refractivity contribution in [2.45, 2.75) is 39.0 Å². The van der Waals surface area contributed by atoms with Crippen molar-refractivity contribution in [1.82, 2.24) is 10.6 Å². The van der Waals surface area contributed by atoms with Crippen LogP contribution in [0.25, 0.3) is 0 Å². The van der Waals surface area contributed by atoms with Gasteiger partial charge in [-0.3, -0.25) is 4.99 Å². The molecule has 0 spiro atoms. The minimum atomic E-state index is 0.484. The molecule has 1 atom stereocenters. The van der Waals surface area contributed by atoms with Crippen molar-refractivity contribution in [2.75, 3.05) is 20.1 Å². The lowest BCUT2D eigenvalue weighted by Crippen LogP contribution is -2.39. The van der Waals surface area contributed by atoms with Crippen LogP contribution in [0.5, 0.6) is 0 Å². The van der Waals surface area contributed by atoms with Crippen molar-refractivity contribution >= 4 is 5.96 Å². The van der Waals surface area contributed by atoms with Gasteiger partial charge in [0.25, 0.3) is 0 Å². The summed E-state index contributed by atoms with van der Waals surface area (Å²) in [4.78, 5) is 4.28. The Morgan fingerprint density at radius 3 is 2.55 bits per heavy atom. The van der Waals surface area contributed by atoms with Crippen molar-refractivity contribution in [2.24, 2.45) is 10.9 Å². The molecule has 1 aliphatic carbocycles. The van der Waals surface area contributed by atoms with Gasteiger partial charge in [0.15, 0.2) is 5.96 Å². The monoisotopic (exact) mass is 273 g/mol. The predicted octanol–water partition coefficient (Wildman–Crippen LogP) is 3.06. The van der Waals surface area contributed by atoms with Crippen molar-refractivity contribution in [3.05, 3.63) is 35.4 Å². The maximum atomic E-state index is 4.28. The molecule has 110 valence electrons. The molecule has 1 unspecified atom stereocenters. The molecule has 0 amide bonds. The average molecular weight is 273 g/mol. The number of guanidine groups is 1. The Morgan fingerprint density at radius 2 is 1.95 bits per heavy atom. The maximum Gasteiger partial charge on any atom is 0.190 e. The highest BCUT2D eigenvalue weighted by Crippen LogP contribution is 2.31. The van der Waals surface area contributed by atoms with Gasteiger partial charge < -0.3 is 10.6 Å². The Hall–Kier alpha value is -1.51. The highest BCUT2D eigenvalue weighted by molar-refractivity contribution is 5.79. The van der Waals surface area contributed by atoms with Crippen LogP contribution in [0.3, 0.4) is 0 Å². The van der Waals surface area contributed by atoms with Gasteiger partial charge in [-0.1, -0.05) is 49.6 Å². The third-order valence-corrected chi connectivity index (χ3v) is 3.99. The first-order valence-electron chi connectivity index (χ1n) is 7.70. The van der Waals surface area contributed by atoms with E-state index in [9.17, 15) is 0 Å². The quantitative estimate of drug-likeness (QED) is 0.617. The van der Waals surface area contributed by atoms with E-state index in [-0.39, 0.29) is 0 Å². The molecule has 2 N–H and O–H groups in total. The highest BCUT2D eigenvalue weighted by Gasteiger charge is 2.20. The molecule has 1 aromatic rings. The van der Waals surface area contributed by atoms with Gasteiger partial charge in [-0.15, -0.1) is 0 Å². The highest BCUT2D eigenvalue weighted by atomic mass is 15.2. The van der Waals surface area contributed by atoms with Crippen LogP contribution in [0, 0.1) is 12.8 Å². The van der Waals surface area contributed by atoms with Crippen LogP contribution in [-0.4, -0.2) is 26.1 Å². The Balaban J connectivity index is 1.72. The second kappa shape index (κ2) is 7.32. The average Bonchev–Trinajstić information content (AvgIpc) is 3.27. The van der Waals surface area contributed by atoms with E-state index in [2.05, 4.69) is 53.7 Å². The van der Waals surface area contributed by atoms with E-state index in [4.69, 9.17) is 0 Å². The molecular weight excluding hydrogens is 246 g/mol. The summed E-state index contributed by atoms with van der Waals surface area (Å²) in [5.41, 5.74) is 2.68. The molecule has 3 heteroatoms. The third-order valence-electron chi connectivity index (χ3n) is 3.99. The van der Waals surface area contributed by atoms with Crippen molar-refractivity contribution in [3.63, 3.8) is 0 Å². The van der Waals surface area contributed by atoms with Crippen molar-refractivity contribution in [1.29, 1.82) is 0 Å². The fraction of sp³-hybridized carbons (Fsp3) is 0.588. The third kappa shape index (κ3) is 4.87. The number of benzene rings is 1. The van der Waals surface area contributed by atoms with Gasteiger partial charge >= 0.3 is 0 Å². The number of aryl methyl sites for hydroxylation is 1. The van der Waals surface area contributed by atoms with E-state index in [1.807, 2.05) is 7.05 Å². The normalized spacial score (nSPS) is 16.9. The van der Waals surface area contributed by atoms with E-state index in [1.165, 1.54) is 30.4 Å². The maximum absolute atomic E-state index is 4.28. The number of nitrogens with one attached hydrogen (secondary N) is 2. The minimum absolute atomic E-state index is 0.484. The Labute approximate surface area is 122 Å². The van der Waals surface area contributed by atoms with Crippen LogP contribution < -0.4 is 10.6 Å². The standard InChI is InChI=1S/C17H27N3/c1-13-4-8-16(9-5-13)14(2)12-20-17(18-3)19-11-10-15-6-7-15/h4-5,8-9,14-15H,6-7,10-12H2,1-3H3,(H2,18,19,20). The minimum Gasteiger partial charge on any atom is -0.356 e. The van der Waals surface area contributed by atoms with E-state index in [1.54, 1.807) is 0 Å². The molecule has 2 rings (SSSR count). The lowest BCUT2D eigenvalue weighted by molar-refractivity contribution is 0.665. The molecule has 0 saturated heterocycles. The molecule has 1 aromatic carbocycles. The zero-order chi connectivity index (χ0) is 14.4. The molecule has 0 radical (unpaired) electrons. The summed E-state index contributed by atoms with van der Waals surface area (Å²) in [6.07, 6.45) is 4.10. The molecule has 20 heavy (non-hydrogen) atoms. The first kappa shape index (κ1) is 14.9. The zero-order valence-electron chi connectivity index (χ0n) is 12.9. The van der Waals surface area contributed by atoms with Gasteiger partial charge in [0.1, 0.15) is 0 Å². The van der Waals surface area contributed by atoms with Crippen molar-refractivity contribution in [3.8, 4) is 0 Å². The van der Waals surface area contributed by atoms with Crippen LogP contribution in [0.2, 0.25) is 0 Å². The largest absolute Gasteiger partial charge is 0.356 e. The van der Waals surface area contributed by atoms with Gasteiger partial charge in [-0.2, -0.15) is 0 Å². The first-order chi connectivity index (χ1) is 9.69. The Kier molecular flexibility index (Phi) is 5.45. The van der Waals surface area contributed by atoms with Gasteiger partial charge in [0, 0.05) is 20.1 Å². The summed E-state index contributed by atoms with van der Waals surface area (Å²) >= 11 is 0. The number of rotatable bonds is 6. The van der Waals surface area contributed by atoms with Gasteiger partial charge in [0.05, 0.1) is 0 Å². The molecule has 3 nitrogen and oxygen atoms in total. The summed E-state index contributed by atoms with van der Waals surface area (Å²) in [5.74, 6) is 2.37. The molecule has 0 heterocycles. The molecule has 0 aliphatic heterocycles. The molecule has 1 fully saturated rings. The first-order valence-corrected chi connectivity index (χ1v) is 7.70. The lowest BCUT2D eigenvalue weighted by Gasteiger charge is -2.16. The summed E-state index contributed by atoms with van der Waals surface area (Å²) in [6.45, 7) is 6.31. The molecule has 0 aromatic heterocycles. The second-order valence-electron chi connectivity index (χ2n) is 5.92. The van der Waals surface area contributed by atoms with Crippen LogP contribution >= 0.6 is 0 Å². The molecule has 0 bridgehead atoms. The number of hydrogen-bond acceptors (Lipinski definition) is 1. The summed E-state index contributed by atoms with van der Waals surface area (Å²) in [7, 11) is 1.84. The molecule has 1 aliphatic rings. The van der Waals surface area contributed by atoms with Gasteiger partial charge in [-0.05, 0) is 30.7 Å². The van der Waals surface area contributed by atoms with E-state index < -0.39 is 0 Å². The smallest absolute Gasteiger partial charge is 0.190 e. The number of nitrogens with zero attached hydrogens (tertiary/aromatic N) is 1. The molecule has 1 saturated carbocycles. The van der Waals surface area contributed by atoms with Crippen LogP contribution in [0.1, 0.15) is 43.2 Å². The van der Waals surface area contributed by atoms with Crippen LogP contribution in [0.4, 0.5) is 0 Å². The van der Waals surface area contributed by atoms with Crippen LogP contribution in [0.15, 0.2) is 29.3 Å². The van der Waals surface area contributed by atoms with E-state index in [0.717, 1.165) is 25.0 Å². The summed E-state index contributed by atoms with van der Waals surface area (Å²) in [6, 6.07) is 8.78. The summed E-state index contributed by atoms with van der Waals surface area (Å²) < 4.78 is 0. The predicted molar refractivity (Wildman–Crippen MR) is 86.3 cm³/mol. The Bertz CT molecular complexity index is 432. The fourth-order valence-corrected chi connectivity index (χ4v) is 2.28. The SMILES string of the molecule is CN=C(NCCC1CC1)NCC(C)c1ccc(C)cc1. The second-order valence-corrected chi connectivity index (χ2v) is 5.92. The Morgan fingerprint density at radius 1 is 1.25 bits per heavy atom. The van der Waals surface area contributed by atoms with Crippen molar-refractivity contribution < 1.29 is 0 Å². The van der Waals surface area contributed by atoms with E-state index in [0.29, 0.717) is 5.92 Å². The zero-order valence-corrected chi connectivity index (χ0v) is 12.9. The van der Waals surface area contributed by atoms with Gasteiger partial charge in [-0.25, -0.2) is 0 Å². The topological polar surface area (TPSA) is 36.4 Å². The molecular formula is C17H27N3. The van der Waals surface area contributed by atoms with E-state index >= 15 is 0 Å². The van der Waals surface area contributed by atoms with Gasteiger partial charge in [0.2, 0.25) is 0 Å². The fourth-order valence-electron chi connectivity index (χ4n) is 2.28. The summed E-state index contributed by atoms with van der Waals surface area (Å²) in [5, 5.41) is 6.81.